The molecule has 2 amide bonds. The first-order valence-corrected chi connectivity index (χ1v) is 13.7. The summed E-state index contributed by atoms with van der Waals surface area (Å²) in [5.41, 5.74) is 2.78. The van der Waals surface area contributed by atoms with E-state index >= 15 is 0 Å². The molecule has 0 radical (unpaired) electrons. The summed E-state index contributed by atoms with van der Waals surface area (Å²) in [4.78, 5) is 44.9. The molecule has 11 heteroatoms. The molecule has 11 nitrogen and oxygen atoms in total. The highest BCUT2D eigenvalue weighted by Gasteiger charge is 2.32. The van der Waals surface area contributed by atoms with E-state index in [1.807, 2.05) is 42.5 Å². The number of ether oxygens (including phenoxy) is 1. The van der Waals surface area contributed by atoms with E-state index in [0.717, 1.165) is 22.5 Å². The monoisotopic (exact) mass is 572 g/mol. The predicted molar refractivity (Wildman–Crippen MR) is 157 cm³/mol. The van der Waals surface area contributed by atoms with Crippen LogP contribution in [0, 0.1) is 0 Å². The van der Waals surface area contributed by atoms with Crippen LogP contribution < -0.4 is 20.2 Å². The van der Waals surface area contributed by atoms with Crippen LogP contribution in [0.15, 0.2) is 66.7 Å². The van der Waals surface area contributed by atoms with E-state index in [0.29, 0.717) is 53.6 Å². The number of nitrogens with zero attached hydrogens (tertiary/aromatic N) is 2. The maximum atomic E-state index is 13.3. The van der Waals surface area contributed by atoms with E-state index in [2.05, 4.69) is 10.6 Å². The average molecular weight is 573 g/mol. The molecule has 218 valence electrons. The summed E-state index contributed by atoms with van der Waals surface area (Å²) in [6.45, 7) is 1.51. The first-order valence-electron chi connectivity index (χ1n) is 13.7. The van der Waals surface area contributed by atoms with E-state index in [4.69, 9.17) is 9.57 Å². The molecule has 2 heterocycles. The van der Waals surface area contributed by atoms with Gasteiger partial charge in [0.15, 0.2) is 0 Å². The first-order chi connectivity index (χ1) is 20.4. The Hall–Kier alpha value is -5.19. The number of nitrogens with one attached hydrogen (secondary N) is 2. The van der Waals surface area contributed by atoms with Gasteiger partial charge in [-0.1, -0.05) is 18.6 Å². The minimum atomic E-state index is -0.622. The van der Waals surface area contributed by atoms with Crippen molar-refractivity contribution in [3.63, 3.8) is 0 Å². The zero-order valence-electron chi connectivity index (χ0n) is 23.1. The third-order valence-electron chi connectivity index (χ3n) is 7.10. The molecule has 1 aliphatic rings. The van der Waals surface area contributed by atoms with Gasteiger partial charge in [0.1, 0.15) is 5.75 Å². The Kier molecular flexibility index (Phi) is 8.47. The predicted octanol–water partition coefficient (Wildman–Crippen LogP) is 4.40. The highest BCUT2D eigenvalue weighted by Crippen LogP contribution is 2.34. The van der Waals surface area contributed by atoms with Crippen molar-refractivity contribution in [1.82, 2.24) is 9.63 Å². The molecule has 0 atom stereocenters. The third-order valence-corrected chi connectivity index (χ3v) is 7.10. The Morgan fingerprint density at radius 1 is 0.810 bits per heavy atom. The van der Waals surface area contributed by atoms with Crippen molar-refractivity contribution in [2.75, 3.05) is 37.4 Å². The lowest BCUT2D eigenvalue weighted by Gasteiger charge is -2.28. The van der Waals surface area contributed by atoms with Gasteiger partial charge < -0.3 is 30.4 Å². The molecule has 0 aliphatic carbocycles. The number of benzene rings is 3. The van der Waals surface area contributed by atoms with Crippen molar-refractivity contribution in [3.05, 3.63) is 77.9 Å². The van der Waals surface area contributed by atoms with Gasteiger partial charge in [0.2, 0.25) is 11.8 Å². The van der Waals surface area contributed by atoms with Gasteiger partial charge in [0.05, 0.1) is 7.11 Å². The van der Waals surface area contributed by atoms with Crippen molar-refractivity contribution in [2.45, 2.75) is 25.7 Å². The van der Waals surface area contributed by atoms with Crippen LogP contribution >= 0.6 is 0 Å². The molecule has 1 aliphatic heterocycles. The van der Waals surface area contributed by atoms with E-state index in [9.17, 15) is 24.6 Å². The Labute approximate surface area is 242 Å². The molecule has 4 N–H and O–H groups in total. The minimum absolute atomic E-state index is 0.0481. The number of unbranched alkanes of at least 4 members (excludes halogenated alkanes) is 2. The second kappa shape index (κ2) is 12.5. The lowest BCUT2D eigenvalue weighted by Crippen LogP contribution is -2.40. The van der Waals surface area contributed by atoms with Crippen molar-refractivity contribution >= 4 is 39.9 Å². The molecule has 0 saturated carbocycles. The minimum Gasteiger partial charge on any atom is -0.497 e. The molecule has 0 unspecified atom stereocenters. The molecule has 42 heavy (non-hydrogen) atoms. The topological polar surface area (TPSA) is 142 Å². The number of methoxy groups -OCH3 is 1. The van der Waals surface area contributed by atoms with Crippen LogP contribution in [0.5, 0.6) is 17.5 Å². The Morgan fingerprint density at radius 2 is 1.50 bits per heavy atom. The summed E-state index contributed by atoms with van der Waals surface area (Å²) in [5, 5.41) is 27.4. The SMILES string of the molecule is COc1ccc(NCCNc2ccc3c4c(cccc24)C(=O)N(CCCCCC(=O)On2c(O)ccc2O)C3=O)cc1. The molecular formula is C31H32N4O7. The Bertz CT molecular complexity index is 1570. The van der Waals surface area contributed by atoms with E-state index < -0.39 is 5.97 Å². The van der Waals surface area contributed by atoms with Crippen LogP contribution in [0.2, 0.25) is 0 Å². The van der Waals surface area contributed by atoms with Gasteiger partial charge in [-0.25, -0.2) is 4.79 Å². The fourth-order valence-electron chi connectivity index (χ4n) is 4.98. The van der Waals surface area contributed by atoms with Gasteiger partial charge in [-0.3, -0.25) is 14.5 Å². The van der Waals surface area contributed by atoms with Crippen LogP contribution in [0.4, 0.5) is 11.4 Å². The zero-order valence-corrected chi connectivity index (χ0v) is 23.1. The number of carbonyl (C=O) groups is 3. The maximum absolute atomic E-state index is 13.3. The second-order valence-corrected chi connectivity index (χ2v) is 9.85. The number of hydrogen-bond acceptors (Lipinski definition) is 9. The van der Waals surface area contributed by atoms with Crippen molar-refractivity contribution < 1.29 is 34.2 Å². The van der Waals surface area contributed by atoms with Crippen molar-refractivity contribution in [2.24, 2.45) is 0 Å². The van der Waals surface area contributed by atoms with Gasteiger partial charge in [-0.15, -0.1) is 4.73 Å². The van der Waals surface area contributed by atoms with Crippen LogP contribution in [-0.2, 0) is 4.79 Å². The van der Waals surface area contributed by atoms with Gasteiger partial charge >= 0.3 is 5.97 Å². The Morgan fingerprint density at radius 3 is 2.21 bits per heavy atom. The molecule has 0 fully saturated rings. The largest absolute Gasteiger partial charge is 0.497 e. The molecule has 5 rings (SSSR count). The fraction of sp³-hybridized carbons (Fsp3) is 0.258. The summed E-state index contributed by atoms with van der Waals surface area (Å²) >= 11 is 0. The summed E-state index contributed by atoms with van der Waals surface area (Å²) in [6, 6.07) is 19.2. The van der Waals surface area contributed by atoms with Crippen LogP contribution in [0.1, 0.15) is 46.4 Å². The van der Waals surface area contributed by atoms with E-state index in [-0.39, 0.29) is 36.5 Å². The number of anilines is 2. The highest BCUT2D eigenvalue weighted by atomic mass is 16.7. The summed E-state index contributed by atoms with van der Waals surface area (Å²) < 4.78 is 5.83. The van der Waals surface area contributed by atoms with Gasteiger partial charge in [0, 0.05) is 71.5 Å². The number of imide groups is 1. The van der Waals surface area contributed by atoms with E-state index in [1.54, 1.807) is 19.2 Å². The standard InChI is InChI=1S/C31H32N4O7/c1-41-21-11-9-20(10-12-21)32-17-18-33-25-14-13-24-29-22(25)6-5-7-23(29)30(39)34(31(24)40)19-4-2-3-8-28(38)42-35-26(36)15-16-27(35)37/h5-7,9-16,32-33,36-37H,2-4,8,17-19H2,1H3. The van der Waals surface area contributed by atoms with Gasteiger partial charge in [-0.05, 0) is 55.3 Å². The van der Waals surface area contributed by atoms with Crippen molar-refractivity contribution in [3.8, 4) is 17.5 Å². The Balaban J connectivity index is 1.15. The lowest BCUT2D eigenvalue weighted by molar-refractivity contribution is -0.145. The smallest absolute Gasteiger partial charge is 0.333 e. The van der Waals surface area contributed by atoms with Gasteiger partial charge in [0.25, 0.3) is 11.8 Å². The second-order valence-electron chi connectivity index (χ2n) is 9.85. The average Bonchev–Trinajstić information content (AvgIpc) is 3.32. The third kappa shape index (κ3) is 5.95. The normalized spacial score (nSPS) is 12.5. The molecular weight excluding hydrogens is 540 g/mol. The first kappa shape index (κ1) is 28.3. The van der Waals surface area contributed by atoms with Crippen molar-refractivity contribution in [1.29, 1.82) is 0 Å². The molecule has 0 spiro atoms. The summed E-state index contributed by atoms with van der Waals surface area (Å²) in [7, 11) is 1.63. The number of carbonyl (C=O) groups excluding carboxylic acids is 3. The number of hydrogen-bond donors (Lipinski definition) is 4. The summed E-state index contributed by atoms with van der Waals surface area (Å²) in [5.74, 6) is -1.28. The number of amides is 2. The van der Waals surface area contributed by atoms with Crippen LogP contribution in [0.25, 0.3) is 10.8 Å². The number of aromatic nitrogens is 1. The molecule has 1 aromatic heterocycles. The molecule has 3 aromatic carbocycles. The summed E-state index contributed by atoms with van der Waals surface area (Å²) in [6.07, 6.45) is 1.58. The fourth-order valence-corrected chi connectivity index (χ4v) is 4.98. The maximum Gasteiger partial charge on any atom is 0.333 e. The quantitative estimate of drug-likeness (QED) is 0.135. The van der Waals surface area contributed by atoms with E-state index in [1.165, 1.54) is 17.0 Å². The van der Waals surface area contributed by atoms with Crippen LogP contribution in [0.3, 0.4) is 0 Å². The lowest BCUT2D eigenvalue weighted by atomic mass is 9.93. The molecule has 0 bridgehead atoms. The van der Waals surface area contributed by atoms with Gasteiger partial charge in [-0.2, -0.15) is 0 Å². The zero-order chi connectivity index (χ0) is 29.6. The highest BCUT2D eigenvalue weighted by molar-refractivity contribution is 6.26. The molecule has 0 saturated heterocycles. The van der Waals surface area contributed by atoms with Crippen LogP contribution in [-0.4, -0.2) is 64.4 Å². The molecule has 4 aromatic rings. The number of rotatable bonds is 13. The number of aromatic hydroxyl groups is 2.